The van der Waals surface area contributed by atoms with Gasteiger partial charge in [0.05, 0.1) is 5.56 Å². The van der Waals surface area contributed by atoms with Crippen molar-refractivity contribution < 1.29 is 24.5 Å². The van der Waals surface area contributed by atoms with E-state index < -0.39 is 18.0 Å². The van der Waals surface area contributed by atoms with Crippen LogP contribution >= 0.6 is 15.9 Å². The summed E-state index contributed by atoms with van der Waals surface area (Å²) in [6.07, 6.45) is -1.30. The van der Waals surface area contributed by atoms with Gasteiger partial charge in [0.1, 0.15) is 0 Å². The number of carboxylic acids is 2. The standard InChI is InChI=1S/C10H9BrO5/c1-16-8(10(14)15)7-5(9(12)13)3-2-4-6(7)11/h2-4,8H,1H3,(H,12,13)(H,14,15). The first-order chi connectivity index (χ1) is 7.49. The predicted octanol–water partition coefficient (Wildman–Crippen LogP) is 1.92. The molecular weight excluding hydrogens is 280 g/mol. The van der Waals surface area contributed by atoms with Crippen LogP contribution in [-0.4, -0.2) is 29.3 Å². The van der Waals surface area contributed by atoms with Gasteiger partial charge in [0, 0.05) is 17.1 Å². The zero-order chi connectivity index (χ0) is 12.3. The zero-order valence-corrected chi connectivity index (χ0v) is 9.89. The molecule has 0 heterocycles. The van der Waals surface area contributed by atoms with Crippen LogP contribution in [0.4, 0.5) is 0 Å². The molecular formula is C10H9BrO5. The molecule has 16 heavy (non-hydrogen) atoms. The summed E-state index contributed by atoms with van der Waals surface area (Å²) in [5, 5.41) is 17.9. The fraction of sp³-hybridized carbons (Fsp3) is 0.200. The van der Waals surface area contributed by atoms with Crippen LogP contribution < -0.4 is 0 Å². The van der Waals surface area contributed by atoms with E-state index in [1.54, 1.807) is 6.07 Å². The molecule has 0 radical (unpaired) electrons. The molecule has 0 amide bonds. The Morgan fingerprint density at radius 2 is 2.00 bits per heavy atom. The number of methoxy groups -OCH3 is 1. The highest BCUT2D eigenvalue weighted by molar-refractivity contribution is 9.10. The predicted molar refractivity (Wildman–Crippen MR) is 58.5 cm³/mol. The highest BCUT2D eigenvalue weighted by Gasteiger charge is 2.26. The highest BCUT2D eigenvalue weighted by atomic mass is 79.9. The number of ether oxygens (including phenoxy) is 1. The Balaban J connectivity index is 3.39. The monoisotopic (exact) mass is 288 g/mol. The first kappa shape index (κ1) is 12.7. The molecule has 6 heteroatoms. The maximum absolute atomic E-state index is 10.9. The molecule has 2 N–H and O–H groups in total. The lowest BCUT2D eigenvalue weighted by atomic mass is 10.0. The normalized spacial score (nSPS) is 12.1. The number of hydrogen-bond acceptors (Lipinski definition) is 3. The average Bonchev–Trinajstić information content (AvgIpc) is 2.20. The Kier molecular flexibility index (Phi) is 4.03. The van der Waals surface area contributed by atoms with E-state index >= 15 is 0 Å². The third-order valence-electron chi connectivity index (χ3n) is 2.01. The molecule has 1 unspecified atom stereocenters. The molecule has 0 aliphatic rings. The van der Waals surface area contributed by atoms with E-state index in [0.717, 1.165) is 0 Å². The molecule has 1 rings (SSSR count). The van der Waals surface area contributed by atoms with Crippen LogP contribution in [0.15, 0.2) is 22.7 Å². The lowest BCUT2D eigenvalue weighted by Crippen LogP contribution is -2.17. The van der Waals surface area contributed by atoms with Gasteiger partial charge in [-0.25, -0.2) is 9.59 Å². The van der Waals surface area contributed by atoms with Crippen molar-refractivity contribution in [1.29, 1.82) is 0 Å². The Morgan fingerprint density at radius 3 is 2.44 bits per heavy atom. The van der Waals surface area contributed by atoms with Crippen molar-refractivity contribution in [2.75, 3.05) is 7.11 Å². The van der Waals surface area contributed by atoms with Gasteiger partial charge in [0.25, 0.3) is 0 Å². The number of aromatic carboxylic acids is 1. The molecule has 86 valence electrons. The summed E-state index contributed by atoms with van der Waals surface area (Å²) in [7, 11) is 1.21. The maximum atomic E-state index is 10.9. The Hall–Kier alpha value is -1.40. The second-order valence-electron chi connectivity index (χ2n) is 2.96. The second kappa shape index (κ2) is 5.09. The van der Waals surface area contributed by atoms with Crippen molar-refractivity contribution >= 4 is 27.9 Å². The number of aliphatic carboxylic acids is 1. The Morgan fingerprint density at radius 1 is 1.38 bits per heavy atom. The molecule has 1 atom stereocenters. The molecule has 1 aromatic carbocycles. The van der Waals surface area contributed by atoms with Crippen LogP contribution in [0.25, 0.3) is 0 Å². The van der Waals surface area contributed by atoms with Gasteiger partial charge < -0.3 is 14.9 Å². The SMILES string of the molecule is COC(C(=O)O)c1c(Br)cccc1C(=O)O. The molecule has 0 aliphatic carbocycles. The molecule has 0 saturated heterocycles. The van der Waals surface area contributed by atoms with E-state index in [4.69, 9.17) is 14.9 Å². The van der Waals surface area contributed by atoms with Crippen molar-refractivity contribution in [1.82, 2.24) is 0 Å². The van der Waals surface area contributed by atoms with Gasteiger partial charge in [-0.2, -0.15) is 0 Å². The summed E-state index contributed by atoms with van der Waals surface area (Å²) in [5.74, 6) is -2.43. The quantitative estimate of drug-likeness (QED) is 0.884. The topological polar surface area (TPSA) is 83.8 Å². The molecule has 0 aromatic heterocycles. The molecule has 0 fully saturated rings. The Labute approximate surface area is 99.8 Å². The zero-order valence-electron chi connectivity index (χ0n) is 8.31. The summed E-state index contributed by atoms with van der Waals surface area (Å²) in [6, 6.07) is 4.42. The van der Waals surface area contributed by atoms with Gasteiger partial charge in [-0.3, -0.25) is 0 Å². The minimum absolute atomic E-state index is 0.0939. The van der Waals surface area contributed by atoms with Gasteiger partial charge in [0.2, 0.25) is 0 Å². The summed E-state index contributed by atoms with van der Waals surface area (Å²) in [5.41, 5.74) is 0.00799. The number of carbonyl (C=O) groups is 2. The van der Waals surface area contributed by atoms with Crippen LogP contribution in [-0.2, 0) is 9.53 Å². The summed E-state index contributed by atoms with van der Waals surface area (Å²) < 4.78 is 5.17. The summed E-state index contributed by atoms with van der Waals surface area (Å²) >= 11 is 3.12. The lowest BCUT2D eigenvalue weighted by molar-refractivity contribution is -0.148. The van der Waals surface area contributed by atoms with E-state index in [2.05, 4.69) is 15.9 Å². The number of hydrogen-bond donors (Lipinski definition) is 2. The van der Waals surface area contributed by atoms with E-state index in [-0.39, 0.29) is 11.1 Å². The number of halogens is 1. The van der Waals surface area contributed by atoms with Gasteiger partial charge in [-0.05, 0) is 12.1 Å². The minimum Gasteiger partial charge on any atom is -0.479 e. The lowest BCUT2D eigenvalue weighted by Gasteiger charge is -2.15. The summed E-state index contributed by atoms with van der Waals surface area (Å²) in [6.45, 7) is 0. The van der Waals surface area contributed by atoms with Gasteiger partial charge in [0.15, 0.2) is 6.10 Å². The van der Waals surface area contributed by atoms with E-state index in [1.165, 1.54) is 19.2 Å². The molecule has 0 aliphatic heterocycles. The van der Waals surface area contributed by atoms with Crippen molar-refractivity contribution in [3.8, 4) is 0 Å². The van der Waals surface area contributed by atoms with Gasteiger partial charge in [-0.1, -0.05) is 22.0 Å². The first-order valence-corrected chi connectivity index (χ1v) is 5.05. The highest BCUT2D eigenvalue weighted by Crippen LogP contribution is 2.29. The minimum atomic E-state index is -1.30. The van der Waals surface area contributed by atoms with Gasteiger partial charge >= 0.3 is 11.9 Å². The average molecular weight is 289 g/mol. The van der Waals surface area contributed by atoms with Crippen LogP contribution in [0.3, 0.4) is 0 Å². The van der Waals surface area contributed by atoms with Crippen molar-refractivity contribution in [2.45, 2.75) is 6.10 Å². The maximum Gasteiger partial charge on any atom is 0.337 e. The van der Waals surface area contributed by atoms with E-state index in [0.29, 0.717) is 4.47 Å². The third-order valence-corrected chi connectivity index (χ3v) is 2.70. The van der Waals surface area contributed by atoms with Gasteiger partial charge in [-0.15, -0.1) is 0 Å². The van der Waals surface area contributed by atoms with Crippen LogP contribution in [0.2, 0.25) is 0 Å². The fourth-order valence-corrected chi connectivity index (χ4v) is 1.91. The van der Waals surface area contributed by atoms with Crippen molar-refractivity contribution in [3.63, 3.8) is 0 Å². The van der Waals surface area contributed by atoms with Crippen LogP contribution in [0.1, 0.15) is 22.0 Å². The summed E-state index contributed by atoms with van der Waals surface area (Å²) in [4.78, 5) is 21.9. The largest absolute Gasteiger partial charge is 0.479 e. The number of carboxylic acid groups (broad SMARTS) is 2. The molecule has 0 saturated carbocycles. The third kappa shape index (κ3) is 2.40. The molecule has 1 aromatic rings. The smallest absolute Gasteiger partial charge is 0.337 e. The van der Waals surface area contributed by atoms with Crippen LogP contribution in [0.5, 0.6) is 0 Å². The van der Waals surface area contributed by atoms with E-state index in [9.17, 15) is 9.59 Å². The molecule has 5 nitrogen and oxygen atoms in total. The first-order valence-electron chi connectivity index (χ1n) is 4.26. The fourth-order valence-electron chi connectivity index (χ4n) is 1.33. The van der Waals surface area contributed by atoms with E-state index in [1.807, 2.05) is 0 Å². The van der Waals surface area contributed by atoms with Crippen LogP contribution in [0, 0.1) is 0 Å². The number of benzene rings is 1. The molecule has 0 bridgehead atoms. The molecule has 0 spiro atoms. The Bertz CT molecular complexity index is 429. The number of rotatable bonds is 4. The van der Waals surface area contributed by atoms with Crippen molar-refractivity contribution in [2.24, 2.45) is 0 Å². The van der Waals surface area contributed by atoms with Crippen molar-refractivity contribution in [3.05, 3.63) is 33.8 Å². The second-order valence-corrected chi connectivity index (χ2v) is 3.81.